The summed E-state index contributed by atoms with van der Waals surface area (Å²) < 4.78 is 0. The fourth-order valence-corrected chi connectivity index (χ4v) is 3.08. The molecule has 0 saturated carbocycles. The maximum atomic E-state index is 12.6. The van der Waals surface area contributed by atoms with Gasteiger partial charge in [0.1, 0.15) is 0 Å². The van der Waals surface area contributed by atoms with E-state index >= 15 is 0 Å². The molecular formula is C19H19ClN2O2. The molecule has 0 bridgehead atoms. The summed E-state index contributed by atoms with van der Waals surface area (Å²) in [4.78, 5) is 26.8. The number of hydrogen-bond donors (Lipinski definition) is 1. The predicted octanol–water partition coefficient (Wildman–Crippen LogP) is 3.76. The number of carbonyl (C=O) groups excluding carboxylic acids is 2. The number of nitrogens with zero attached hydrogens (tertiary/aromatic N) is 1. The van der Waals surface area contributed by atoms with E-state index in [0.29, 0.717) is 16.3 Å². The van der Waals surface area contributed by atoms with Crippen molar-refractivity contribution in [2.24, 2.45) is 0 Å². The van der Waals surface area contributed by atoms with Crippen LogP contribution < -0.4 is 5.32 Å². The number of rotatable bonds is 4. The number of anilines is 1. The molecule has 3 rings (SSSR count). The molecule has 1 saturated heterocycles. The smallest absolute Gasteiger partial charge is 0.255 e. The van der Waals surface area contributed by atoms with Crippen LogP contribution in [0.2, 0.25) is 5.02 Å². The van der Waals surface area contributed by atoms with Crippen LogP contribution in [-0.4, -0.2) is 29.8 Å². The highest BCUT2D eigenvalue weighted by atomic mass is 35.5. The number of amides is 2. The van der Waals surface area contributed by atoms with Crippen LogP contribution in [0.5, 0.6) is 0 Å². The molecule has 1 aliphatic heterocycles. The van der Waals surface area contributed by atoms with Gasteiger partial charge in [-0.2, -0.15) is 0 Å². The quantitative estimate of drug-likeness (QED) is 0.919. The van der Waals surface area contributed by atoms with Gasteiger partial charge >= 0.3 is 0 Å². The van der Waals surface area contributed by atoms with Gasteiger partial charge in [0.15, 0.2) is 0 Å². The van der Waals surface area contributed by atoms with Gasteiger partial charge in [0.25, 0.3) is 5.91 Å². The molecule has 0 atom stereocenters. The van der Waals surface area contributed by atoms with E-state index in [1.54, 1.807) is 18.2 Å². The van der Waals surface area contributed by atoms with Crippen molar-refractivity contribution in [2.45, 2.75) is 19.3 Å². The molecule has 2 aromatic rings. The first-order valence-corrected chi connectivity index (χ1v) is 8.44. The zero-order valence-electron chi connectivity index (χ0n) is 13.3. The molecule has 1 N–H and O–H groups in total. The van der Waals surface area contributed by atoms with Gasteiger partial charge in [0.05, 0.1) is 17.7 Å². The minimum Gasteiger partial charge on any atom is -0.339 e. The second-order valence-electron chi connectivity index (χ2n) is 5.86. The predicted molar refractivity (Wildman–Crippen MR) is 95.4 cm³/mol. The zero-order chi connectivity index (χ0) is 16.9. The van der Waals surface area contributed by atoms with Crippen LogP contribution in [-0.2, 0) is 11.2 Å². The molecule has 1 heterocycles. The zero-order valence-corrected chi connectivity index (χ0v) is 14.1. The van der Waals surface area contributed by atoms with Crippen LogP contribution in [0.15, 0.2) is 48.5 Å². The number of halogens is 1. The lowest BCUT2D eigenvalue weighted by Crippen LogP contribution is -2.29. The van der Waals surface area contributed by atoms with Crippen molar-refractivity contribution in [1.29, 1.82) is 0 Å². The second kappa shape index (κ2) is 7.49. The van der Waals surface area contributed by atoms with Crippen LogP contribution in [0, 0.1) is 0 Å². The summed E-state index contributed by atoms with van der Waals surface area (Å²) in [7, 11) is 0. The van der Waals surface area contributed by atoms with Crippen LogP contribution >= 0.6 is 11.6 Å². The number of likely N-dealkylation sites (tertiary alicyclic amines) is 1. The minimum atomic E-state index is -0.190. The Morgan fingerprint density at radius 1 is 1.00 bits per heavy atom. The first-order chi connectivity index (χ1) is 11.6. The first kappa shape index (κ1) is 16.5. The Hall–Kier alpha value is -2.33. The highest BCUT2D eigenvalue weighted by molar-refractivity contribution is 6.31. The van der Waals surface area contributed by atoms with Crippen molar-refractivity contribution in [3.05, 3.63) is 64.7 Å². The van der Waals surface area contributed by atoms with Gasteiger partial charge in [-0.15, -0.1) is 0 Å². The van der Waals surface area contributed by atoms with E-state index in [1.807, 2.05) is 35.2 Å². The fraction of sp³-hybridized carbons (Fsp3) is 0.263. The first-order valence-electron chi connectivity index (χ1n) is 8.07. The number of benzene rings is 2. The van der Waals surface area contributed by atoms with E-state index in [4.69, 9.17) is 11.6 Å². The van der Waals surface area contributed by atoms with Crippen LogP contribution in [0.4, 0.5) is 5.69 Å². The normalized spacial score (nSPS) is 13.8. The van der Waals surface area contributed by atoms with E-state index in [0.717, 1.165) is 31.5 Å². The van der Waals surface area contributed by atoms with Crippen molar-refractivity contribution in [3.8, 4) is 0 Å². The SMILES string of the molecule is O=C(Cc1ccccc1Cl)Nc1ccccc1C(=O)N1CCCC1. The topological polar surface area (TPSA) is 49.4 Å². The largest absolute Gasteiger partial charge is 0.339 e. The number of hydrogen-bond acceptors (Lipinski definition) is 2. The molecule has 0 aromatic heterocycles. The molecular weight excluding hydrogens is 324 g/mol. The third-order valence-electron chi connectivity index (χ3n) is 4.13. The molecule has 5 heteroatoms. The summed E-state index contributed by atoms with van der Waals surface area (Å²) in [6.07, 6.45) is 2.24. The summed E-state index contributed by atoms with van der Waals surface area (Å²) >= 11 is 6.10. The highest BCUT2D eigenvalue weighted by Gasteiger charge is 2.22. The Morgan fingerprint density at radius 3 is 2.42 bits per heavy atom. The van der Waals surface area contributed by atoms with Crippen LogP contribution in [0.25, 0.3) is 0 Å². The number of nitrogens with one attached hydrogen (secondary N) is 1. The third kappa shape index (κ3) is 3.77. The Balaban J connectivity index is 1.74. The van der Waals surface area contributed by atoms with Crippen molar-refractivity contribution in [3.63, 3.8) is 0 Å². The minimum absolute atomic E-state index is 0.0267. The molecule has 0 aliphatic carbocycles. The van der Waals surface area contributed by atoms with E-state index in [-0.39, 0.29) is 18.2 Å². The van der Waals surface area contributed by atoms with Gasteiger partial charge < -0.3 is 10.2 Å². The summed E-state index contributed by atoms with van der Waals surface area (Å²) in [6, 6.07) is 14.4. The van der Waals surface area contributed by atoms with Crippen molar-refractivity contribution in [1.82, 2.24) is 4.90 Å². The van der Waals surface area contributed by atoms with Gasteiger partial charge in [-0.25, -0.2) is 0 Å². The maximum absolute atomic E-state index is 12.6. The Labute approximate surface area is 146 Å². The molecule has 2 amide bonds. The van der Waals surface area contributed by atoms with Gasteiger partial charge in [-0.1, -0.05) is 41.9 Å². The van der Waals surface area contributed by atoms with Gasteiger partial charge in [-0.3, -0.25) is 9.59 Å². The fourth-order valence-electron chi connectivity index (χ4n) is 2.88. The summed E-state index contributed by atoms with van der Waals surface area (Å²) in [5.41, 5.74) is 1.85. The van der Waals surface area contributed by atoms with E-state index < -0.39 is 0 Å². The molecule has 1 aliphatic rings. The molecule has 0 radical (unpaired) electrons. The standard InChI is InChI=1S/C19H19ClN2O2/c20-16-9-3-1-7-14(16)13-18(23)21-17-10-4-2-8-15(17)19(24)22-11-5-6-12-22/h1-4,7-10H,5-6,11-13H2,(H,21,23). The van der Waals surface area contributed by atoms with Crippen LogP contribution in [0.3, 0.4) is 0 Å². The Morgan fingerprint density at radius 2 is 1.67 bits per heavy atom. The lowest BCUT2D eigenvalue weighted by Gasteiger charge is -2.18. The monoisotopic (exact) mass is 342 g/mol. The maximum Gasteiger partial charge on any atom is 0.255 e. The molecule has 124 valence electrons. The van der Waals surface area contributed by atoms with E-state index in [1.165, 1.54) is 0 Å². The summed E-state index contributed by atoms with van der Waals surface area (Å²) in [6.45, 7) is 1.56. The highest BCUT2D eigenvalue weighted by Crippen LogP contribution is 2.21. The van der Waals surface area contributed by atoms with Crippen LogP contribution in [0.1, 0.15) is 28.8 Å². The number of para-hydroxylation sites is 1. The van der Waals surface area contributed by atoms with Crippen molar-refractivity contribution < 1.29 is 9.59 Å². The molecule has 24 heavy (non-hydrogen) atoms. The lowest BCUT2D eigenvalue weighted by molar-refractivity contribution is -0.115. The Bertz CT molecular complexity index is 755. The molecule has 4 nitrogen and oxygen atoms in total. The van der Waals surface area contributed by atoms with Crippen molar-refractivity contribution >= 4 is 29.1 Å². The lowest BCUT2D eigenvalue weighted by atomic mass is 10.1. The van der Waals surface area contributed by atoms with E-state index in [2.05, 4.69) is 5.32 Å². The Kier molecular flexibility index (Phi) is 5.16. The van der Waals surface area contributed by atoms with Gasteiger partial charge in [0.2, 0.25) is 5.91 Å². The molecule has 0 spiro atoms. The summed E-state index contributed by atoms with van der Waals surface area (Å²) in [5, 5.41) is 3.41. The molecule has 2 aromatic carbocycles. The molecule has 1 fully saturated rings. The van der Waals surface area contributed by atoms with E-state index in [9.17, 15) is 9.59 Å². The van der Waals surface area contributed by atoms with Gasteiger partial charge in [-0.05, 0) is 36.6 Å². The average molecular weight is 343 g/mol. The average Bonchev–Trinajstić information content (AvgIpc) is 3.11. The summed E-state index contributed by atoms with van der Waals surface area (Å²) in [5.74, 6) is -0.217. The number of carbonyl (C=O) groups is 2. The van der Waals surface area contributed by atoms with Crippen molar-refractivity contribution in [2.75, 3.05) is 18.4 Å². The third-order valence-corrected chi connectivity index (χ3v) is 4.50. The molecule has 0 unspecified atom stereocenters. The van der Waals surface area contributed by atoms with Gasteiger partial charge in [0, 0.05) is 18.1 Å². The second-order valence-corrected chi connectivity index (χ2v) is 6.27.